The second kappa shape index (κ2) is 3.42. The maximum Gasteiger partial charge on any atom is 0.225 e. The number of amides is 1. The van der Waals surface area contributed by atoms with E-state index in [1.165, 1.54) is 0 Å². The predicted octanol–water partition coefficient (Wildman–Crippen LogP) is 1.51. The van der Waals surface area contributed by atoms with Gasteiger partial charge in [0.05, 0.1) is 5.92 Å². The van der Waals surface area contributed by atoms with Gasteiger partial charge in [-0.2, -0.15) is 0 Å². The second-order valence-corrected chi connectivity index (χ2v) is 3.90. The first-order valence-electron chi connectivity index (χ1n) is 4.46. The van der Waals surface area contributed by atoms with Crippen molar-refractivity contribution in [1.29, 1.82) is 0 Å². The molecule has 1 aliphatic rings. The van der Waals surface area contributed by atoms with Gasteiger partial charge < -0.3 is 5.32 Å². The van der Waals surface area contributed by atoms with Gasteiger partial charge in [-0.1, -0.05) is 20.8 Å². The number of nitrogens with one attached hydrogen (secondary N) is 1. The van der Waals surface area contributed by atoms with Gasteiger partial charge in [0.1, 0.15) is 6.17 Å². The van der Waals surface area contributed by atoms with E-state index in [1.807, 2.05) is 13.8 Å². The fourth-order valence-corrected chi connectivity index (χ4v) is 1.42. The summed E-state index contributed by atoms with van der Waals surface area (Å²) < 4.78 is 13.2. The van der Waals surface area contributed by atoms with Crippen molar-refractivity contribution < 1.29 is 9.18 Å². The Bertz CT molecular complexity index is 181. The number of hydrogen-bond acceptors (Lipinski definition) is 1. The van der Waals surface area contributed by atoms with Crippen molar-refractivity contribution >= 4 is 5.91 Å². The van der Waals surface area contributed by atoms with Gasteiger partial charge in [0, 0.05) is 6.04 Å². The summed E-state index contributed by atoms with van der Waals surface area (Å²) in [5, 5.41) is 2.82. The Morgan fingerprint density at radius 3 is 2.58 bits per heavy atom. The molecular formula is C9H16FNO. The number of rotatable bonds is 1. The molecule has 3 atom stereocenters. The van der Waals surface area contributed by atoms with Crippen molar-refractivity contribution in [3.05, 3.63) is 0 Å². The molecule has 12 heavy (non-hydrogen) atoms. The van der Waals surface area contributed by atoms with Crippen LogP contribution in [0.5, 0.6) is 0 Å². The Hall–Kier alpha value is -0.600. The molecule has 1 aliphatic heterocycles. The van der Waals surface area contributed by atoms with E-state index in [9.17, 15) is 9.18 Å². The highest BCUT2D eigenvalue weighted by molar-refractivity contribution is 5.80. The molecule has 1 amide bonds. The third-order valence-corrected chi connectivity index (χ3v) is 2.57. The molecule has 1 N–H and O–H groups in total. The van der Waals surface area contributed by atoms with Crippen LogP contribution in [-0.4, -0.2) is 18.1 Å². The minimum absolute atomic E-state index is 0.0173. The third kappa shape index (κ3) is 1.76. The van der Waals surface area contributed by atoms with Gasteiger partial charge in [-0.05, 0) is 12.3 Å². The van der Waals surface area contributed by atoms with Gasteiger partial charge in [0.2, 0.25) is 5.91 Å². The summed E-state index contributed by atoms with van der Waals surface area (Å²) in [4.78, 5) is 11.2. The molecule has 0 saturated carbocycles. The highest BCUT2D eigenvalue weighted by Crippen LogP contribution is 2.22. The van der Waals surface area contributed by atoms with Crippen LogP contribution in [0.2, 0.25) is 0 Å². The molecule has 70 valence electrons. The van der Waals surface area contributed by atoms with Gasteiger partial charge in [0.25, 0.3) is 0 Å². The third-order valence-electron chi connectivity index (χ3n) is 2.57. The van der Waals surface area contributed by atoms with Crippen LogP contribution in [0.3, 0.4) is 0 Å². The molecule has 0 aromatic carbocycles. The first kappa shape index (κ1) is 9.49. The summed E-state index contributed by atoms with van der Waals surface area (Å²) in [6.07, 6.45) is -0.504. The molecule has 0 radical (unpaired) electrons. The Morgan fingerprint density at radius 1 is 1.58 bits per heavy atom. The minimum Gasteiger partial charge on any atom is -0.353 e. The second-order valence-electron chi connectivity index (χ2n) is 3.90. The van der Waals surface area contributed by atoms with E-state index in [1.54, 1.807) is 6.92 Å². The largest absolute Gasteiger partial charge is 0.353 e. The number of hydrogen-bond donors (Lipinski definition) is 1. The molecule has 2 nitrogen and oxygen atoms in total. The average molecular weight is 173 g/mol. The van der Waals surface area contributed by atoms with Crippen LogP contribution in [0, 0.1) is 11.8 Å². The molecule has 1 fully saturated rings. The van der Waals surface area contributed by atoms with Crippen LogP contribution in [0.4, 0.5) is 4.39 Å². The fourth-order valence-electron chi connectivity index (χ4n) is 1.42. The number of piperidine rings is 1. The molecule has 0 spiro atoms. The normalized spacial score (nSPS) is 36.8. The first-order valence-corrected chi connectivity index (χ1v) is 4.46. The quantitative estimate of drug-likeness (QED) is 0.639. The lowest BCUT2D eigenvalue weighted by molar-refractivity contribution is -0.130. The number of carbonyl (C=O) groups is 1. The molecule has 1 rings (SSSR count). The zero-order valence-electron chi connectivity index (χ0n) is 7.80. The lowest BCUT2D eigenvalue weighted by Crippen LogP contribution is -2.50. The Morgan fingerprint density at radius 2 is 2.17 bits per heavy atom. The highest BCUT2D eigenvalue weighted by Gasteiger charge is 2.34. The maximum atomic E-state index is 13.2. The van der Waals surface area contributed by atoms with Crippen molar-refractivity contribution in [2.24, 2.45) is 11.8 Å². The lowest BCUT2D eigenvalue weighted by Gasteiger charge is -2.32. The Kier molecular flexibility index (Phi) is 2.70. The van der Waals surface area contributed by atoms with Gasteiger partial charge in [-0.15, -0.1) is 0 Å². The van der Waals surface area contributed by atoms with Crippen molar-refractivity contribution in [3.8, 4) is 0 Å². The van der Waals surface area contributed by atoms with Crippen molar-refractivity contribution in [2.75, 3.05) is 0 Å². The molecule has 0 aliphatic carbocycles. The number of carbonyl (C=O) groups excluding carboxylic acids is 1. The summed E-state index contributed by atoms with van der Waals surface area (Å²) in [5.74, 6) is -0.299. The number of alkyl halides is 1. The molecule has 1 heterocycles. The summed E-state index contributed by atoms with van der Waals surface area (Å²) in [5.41, 5.74) is 0. The van der Waals surface area contributed by atoms with E-state index in [2.05, 4.69) is 5.32 Å². The molecule has 1 saturated heterocycles. The predicted molar refractivity (Wildman–Crippen MR) is 45.4 cm³/mol. The maximum absolute atomic E-state index is 13.2. The Balaban J connectivity index is 2.59. The summed E-state index contributed by atoms with van der Waals surface area (Å²) in [6.45, 7) is 5.62. The van der Waals surface area contributed by atoms with E-state index in [0.29, 0.717) is 12.3 Å². The average Bonchev–Trinajstić information content (AvgIpc) is 1.99. The van der Waals surface area contributed by atoms with E-state index in [4.69, 9.17) is 0 Å². The zero-order valence-corrected chi connectivity index (χ0v) is 7.80. The van der Waals surface area contributed by atoms with Gasteiger partial charge in [-0.3, -0.25) is 4.79 Å². The highest BCUT2D eigenvalue weighted by atomic mass is 19.1. The van der Waals surface area contributed by atoms with Crippen LogP contribution in [0.15, 0.2) is 0 Å². The van der Waals surface area contributed by atoms with Crippen LogP contribution in [0.1, 0.15) is 27.2 Å². The summed E-state index contributed by atoms with van der Waals surface area (Å²) >= 11 is 0. The molecular weight excluding hydrogens is 157 g/mol. The van der Waals surface area contributed by atoms with Crippen molar-refractivity contribution in [2.45, 2.75) is 39.4 Å². The molecule has 3 unspecified atom stereocenters. The van der Waals surface area contributed by atoms with Crippen molar-refractivity contribution in [1.82, 2.24) is 5.32 Å². The van der Waals surface area contributed by atoms with Crippen LogP contribution in [0.25, 0.3) is 0 Å². The van der Waals surface area contributed by atoms with E-state index in [0.717, 1.165) is 0 Å². The Labute approximate surface area is 72.5 Å². The summed E-state index contributed by atoms with van der Waals surface area (Å²) in [7, 11) is 0. The van der Waals surface area contributed by atoms with Crippen LogP contribution < -0.4 is 5.32 Å². The lowest BCUT2D eigenvalue weighted by atomic mass is 9.88. The molecule has 0 bridgehead atoms. The topological polar surface area (TPSA) is 29.1 Å². The van der Waals surface area contributed by atoms with Crippen molar-refractivity contribution in [3.63, 3.8) is 0 Å². The monoisotopic (exact) mass is 173 g/mol. The number of halogens is 1. The minimum atomic E-state index is -0.967. The van der Waals surface area contributed by atoms with Crippen LogP contribution in [-0.2, 0) is 4.79 Å². The van der Waals surface area contributed by atoms with Gasteiger partial charge >= 0.3 is 0 Å². The SMILES string of the molecule is CC(C)C1CC(F)C(C)C(=O)N1. The van der Waals surface area contributed by atoms with E-state index in [-0.39, 0.29) is 11.9 Å². The molecule has 0 aromatic rings. The van der Waals surface area contributed by atoms with Gasteiger partial charge in [0.15, 0.2) is 0 Å². The standard InChI is InChI=1S/C9H16FNO/c1-5(2)8-4-7(10)6(3)9(12)11-8/h5-8H,4H2,1-3H3,(H,11,12). The smallest absolute Gasteiger partial charge is 0.225 e. The zero-order chi connectivity index (χ0) is 9.30. The first-order chi connectivity index (χ1) is 5.52. The molecule has 3 heteroatoms. The summed E-state index contributed by atoms with van der Waals surface area (Å²) in [6, 6.07) is 0.0173. The van der Waals surface area contributed by atoms with Gasteiger partial charge in [-0.25, -0.2) is 4.39 Å². The molecule has 0 aromatic heterocycles. The van der Waals surface area contributed by atoms with E-state index >= 15 is 0 Å². The van der Waals surface area contributed by atoms with E-state index < -0.39 is 12.1 Å². The fraction of sp³-hybridized carbons (Fsp3) is 0.889. The van der Waals surface area contributed by atoms with Crippen LogP contribution >= 0.6 is 0 Å².